The lowest BCUT2D eigenvalue weighted by Gasteiger charge is -2.19. The fraction of sp³-hybridized carbons (Fsp3) is 0.500. The average Bonchev–Trinajstić information content (AvgIpc) is 2.33. The number of carbonyl (C=O) groups is 1. The van der Waals surface area contributed by atoms with Crippen LogP contribution in [0.2, 0.25) is 0 Å². The van der Waals surface area contributed by atoms with Crippen LogP contribution in [-0.2, 0) is 6.54 Å². The van der Waals surface area contributed by atoms with Gasteiger partial charge in [-0.25, -0.2) is 4.79 Å². The molecular weight excluding hydrogens is 212 g/mol. The fourth-order valence-corrected chi connectivity index (χ4v) is 2.10. The molecule has 94 valence electrons. The minimum absolute atomic E-state index is 0.139. The second kappa shape index (κ2) is 5.21. The second-order valence-corrected chi connectivity index (χ2v) is 4.54. The van der Waals surface area contributed by atoms with E-state index in [4.69, 9.17) is 0 Å². The van der Waals surface area contributed by atoms with Gasteiger partial charge in [0.2, 0.25) is 0 Å². The maximum Gasteiger partial charge on any atom is 0.314 e. The van der Waals surface area contributed by atoms with E-state index in [1.54, 1.807) is 7.05 Å². The van der Waals surface area contributed by atoms with Gasteiger partial charge in [0.05, 0.1) is 0 Å². The molecule has 2 amide bonds. The molecular formula is C14H22N2O. The summed E-state index contributed by atoms with van der Waals surface area (Å²) in [6, 6.07) is -0.139. The molecule has 1 aromatic carbocycles. The molecule has 0 aliphatic carbocycles. The zero-order valence-corrected chi connectivity index (χ0v) is 11.6. The van der Waals surface area contributed by atoms with Crippen molar-refractivity contribution >= 4 is 6.03 Å². The highest BCUT2D eigenvalue weighted by Crippen LogP contribution is 2.25. The number of nitrogens with one attached hydrogen (secondary N) is 2. The summed E-state index contributed by atoms with van der Waals surface area (Å²) in [5.74, 6) is 0. The van der Waals surface area contributed by atoms with Crippen molar-refractivity contribution in [1.29, 1.82) is 0 Å². The van der Waals surface area contributed by atoms with E-state index in [2.05, 4.69) is 45.3 Å². The van der Waals surface area contributed by atoms with Crippen LogP contribution in [0.15, 0.2) is 0 Å². The lowest BCUT2D eigenvalue weighted by Crippen LogP contribution is -2.32. The Morgan fingerprint density at radius 1 is 0.882 bits per heavy atom. The minimum atomic E-state index is -0.139. The molecule has 0 spiro atoms. The molecule has 1 rings (SSSR count). The normalized spacial score (nSPS) is 10.2. The van der Waals surface area contributed by atoms with Crippen LogP contribution >= 0.6 is 0 Å². The fourth-order valence-electron chi connectivity index (χ4n) is 2.10. The first kappa shape index (κ1) is 13.6. The summed E-state index contributed by atoms with van der Waals surface area (Å²) >= 11 is 0. The summed E-state index contributed by atoms with van der Waals surface area (Å²) in [6.07, 6.45) is 0. The van der Waals surface area contributed by atoms with Gasteiger partial charge < -0.3 is 10.6 Å². The van der Waals surface area contributed by atoms with Crippen molar-refractivity contribution in [2.75, 3.05) is 7.05 Å². The lowest BCUT2D eigenvalue weighted by atomic mass is 9.89. The van der Waals surface area contributed by atoms with Gasteiger partial charge in [0.1, 0.15) is 0 Å². The van der Waals surface area contributed by atoms with E-state index >= 15 is 0 Å². The quantitative estimate of drug-likeness (QED) is 0.811. The molecule has 0 saturated carbocycles. The number of hydrogen-bond donors (Lipinski definition) is 2. The van der Waals surface area contributed by atoms with Gasteiger partial charge in [-0.1, -0.05) is 0 Å². The molecule has 0 atom stereocenters. The third-order valence-corrected chi connectivity index (χ3v) is 3.81. The molecule has 1 aromatic rings. The van der Waals surface area contributed by atoms with Crippen molar-refractivity contribution in [2.45, 2.75) is 41.2 Å². The summed E-state index contributed by atoms with van der Waals surface area (Å²) < 4.78 is 0. The zero-order valence-electron chi connectivity index (χ0n) is 11.6. The van der Waals surface area contributed by atoms with Crippen LogP contribution in [0.3, 0.4) is 0 Å². The molecule has 17 heavy (non-hydrogen) atoms. The van der Waals surface area contributed by atoms with Gasteiger partial charge in [-0.3, -0.25) is 0 Å². The Morgan fingerprint density at radius 3 is 1.71 bits per heavy atom. The van der Waals surface area contributed by atoms with Gasteiger partial charge in [-0.05, 0) is 68.0 Å². The van der Waals surface area contributed by atoms with E-state index < -0.39 is 0 Å². The van der Waals surface area contributed by atoms with Gasteiger partial charge in [0.25, 0.3) is 0 Å². The van der Waals surface area contributed by atoms with Crippen molar-refractivity contribution in [2.24, 2.45) is 0 Å². The Bertz CT molecular complexity index is 421. The van der Waals surface area contributed by atoms with Crippen molar-refractivity contribution in [3.8, 4) is 0 Å². The zero-order chi connectivity index (χ0) is 13.2. The van der Waals surface area contributed by atoms with Crippen molar-refractivity contribution < 1.29 is 4.79 Å². The van der Waals surface area contributed by atoms with Gasteiger partial charge in [-0.2, -0.15) is 0 Å². The summed E-state index contributed by atoms with van der Waals surface area (Å²) in [6.45, 7) is 11.3. The highest BCUT2D eigenvalue weighted by atomic mass is 16.2. The van der Waals surface area contributed by atoms with E-state index in [0.717, 1.165) is 0 Å². The Kier molecular flexibility index (Phi) is 4.16. The highest BCUT2D eigenvalue weighted by Gasteiger charge is 2.12. The van der Waals surface area contributed by atoms with E-state index in [1.165, 1.54) is 33.4 Å². The molecule has 0 unspecified atom stereocenters. The summed E-state index contributed by atoms with van der Waals surface area (Å²) in [5, 5.41) is 5.42. The Morgan fingerprint density at radius 2 is 1.29 bits per heavy atom. The maximum absolute atomic E-state index is 11.2. The van der Waals surface area contributed by atoms with Crippen LogP contribution < -0.4 is 10.6 Å². The SMILES string of the molecule is CNC(=O)NCc1c(C)c(C)c(C)c(C)c1C. The lowest BCUT2D eigenvalue weighted by molar-refractivity contribution is 0.242. The van der Waals surface area contributed by atoms with Crippen LogP contribution in [0.4, 0.5) is 4.79 Å². The van der Waals surface area contributed by atoms with Crippen molar-refractivity contribution in [3.05, 3.63) is 33.4 Å². The molecule has 0 bridgehead atoms. The maximum atomic E-state index is 11.2. The standard InChI is InChI=1S/C14H22N2O/c1-8-9(2)11(4)13(12(5)10(8)3)7-16-14(17)15-6/h7H2,1-6H3,(H2,15,16,17). The molecule has 0 radical (unpaired) electrons. The second-order valence-electron chi connectivity index (χ2n) is 4.54. The number of amides is 2. The van der Waals surface area contributed by atoms with Crippen LogP contribution in [-0.4, -0.2) is 13.1 Å². The number of hydrogen-bond acceptors (Lipinski definition) is 1. The Balaban J connectivity index is 3.12. The van der Waals surface area contributed by atoms with Crippen molar-refractivity contribution in [3.63, 3.8) is 0 Å². The first-order chi connectivity index (χ1) is 7.90. The van der Waals surface area contributed by atoms with Gasteiger partial charge in [-0.15, -0.1) is 0 Å². The number of urea groups is 1. The van der Waals surface area contributed by atoms with Crippen LogP contribution in [0.25, 0.3) is 0 Å². The molecule has 3 nitrogen and oxygen atoms in total. The number of rotatable bonds is 2. The van der Waals surface area contributed by atoms with Crippen LogP contribution in [0.1, 0.15) is 33.4 Å². The van der Waals surface area contributed by atoms with E-state index in [-0.39, 0.29) is 6.03 Å². The summed E-state index contributed by atoms with van der Waals surface area (Å²) in [4.78, 5) is 11.2. The predicted molar refractivity (Wildman–Crippen MR) is 71.4 cm³/mol. The van der Waals surface area contributed by atoms with Crippen LogP contribution in [0, 0.1) is 34.6 Å². The topological polar surface area (TPSA) is 41.1 Å². The van der Waals surface area contributed by atoms with E-state index in [0.29, 0.717) is 6.54 Å². The predicted octanol–water partition coefficient (Wildman–Crippen LogP) is 2.66. The molecule has 0 heterocycles. The third-order valence-electron chi connectivity index (χ3n) is 3.81. The number of carbonyl (C=O) groups excluding carboxylic acids is 1. The third kappa shape index (κ3) is 2.60. The van der Waals surface area contributed by atoms with Gasteiger partial charge >= 0.3 is 6.03 Å². The largest absolute Gasteiger partial charge is 0.341 e. The molecule has 0 aromatic heterocycles. The van der Waals surface area contributed by atoms with E-state index in [1.807, 2.05) is 0 Å². The minimum Gasteiger partial charge on any atom is -0.341 e. The summed E-state index contributed by atoms with van der Waals surface area (Å²) in [7, 11) is 1.63. The van der Waals surface area contributed by atoms with Crippen molar-refractivity contribution in [1.82, 2.24) is 10.6 Å². The molecule has 3 heteroatoms. The highest BCUT2D eigenvalue weighted by molar-refractivity contribution is 5.73. The first-order valence-electron chi connectivity index (χ1n) is 5.91. The van der Waals surface area contributed by atoms with Crippen LogP contribution in [0.5, 0.6) is 0 Å². The summed E-state index contributed by atoms with van der Waals surface area (Å²) in [5.41, 5.74) is 7.78. The molecule has 0 fully saturated rings. The van der Waals surface area contributed by atoms with Gasteiger partial charge in [0, 0.05) is 13.6 Å². The van der Waals surface area contributed by atoms with Gasteiger partial charge in [0.15, 0.2) is 0 Å². The Labute approximate surface area is 104 Å². The first-order valence-corrected chi connectivity index (χ1v) is 5.91. The Hall–Kier alpha value is -1.51. The monoisotopic (exact) mass is 234 g/mol. The number of benzene rings is 1. The molecule has 0 aliphatic rings. The molecule has 2 N–H and O–H groups in total. The average molecular weight is 234 g/mol. The molecule has 0 saturated heterocycles. The van der Waals surface area contributed by atoms with E-state index in [9.17, 15) is 4.79 Å². The molecule has 0 aliphatic heterocycles. The smallest absolute Gasteiger partial charge is 0.314 e.